The molecule has 1 atom stereocenters. The smallest absolute Gasteiger partial charge is 0.293 e. The molecule has 0 aromatic heterocycles. The maximum atomic E-state index is 11.6. The average Bonchev–Trinajstić information content (AvgIpc) is 2.62. The van der Waals surface area contributed by atoms with Crippen LogP contribution in [0.1, 0.15) is 41.1 Å². The summed E-state index contributed by atoms with van der Waals surface area (Å²) in [5, 5.41) is 9.23. The normalized spacial score (nSPS) is 11.4. The first kappa shape index (κ1) is 16.7. The Morgan fingerprint density at radius 2 is 1.65 bits per heavy atom. The van der Waals surface area contributed by atoms with Crippen LogP contribution in [0.25, 0.3) is 0 Å². The molecule has 0 saturated heterocycles. The number of nitriles is 1. The Bertz CT molecular complexity index is 635. The maximum Gasteiger partial charge on any atom is 0.373 e. The van der Waals surface area contributed by atoms with Crippen molar-refractivity contribution in [3.8, 4) is 6.07 Å². The van der Waals surface area contributed by atoms with E-state index >= 15 is 0 Å². The van der Waals surface area contributed by atoms with Crippen molar-refractivity contribution in [3.63, 3.8) is 0 Å². The summed E-state index contributed by atoms with van der Waals surface area (Å²) in [7, 11) is 0. The zero-order valence-corrected chi connectivity index (χ0v) is 12.9. The van der Waals surface area contributed by atoms with E-state index in [0.717, 1.165) is 24.8 Å². The molecule has 4 nitrogen and oxygen atoms in total. The summed E-state index contributed by atoms with van der Waals surface area (Å²) < 4.78 is 0. The first-order chi connectivity index (χ1) is 11.3. The van der Waals surface area contributed by atoms with Gasteiger partial charge in [-0.1, -0.05) is 48.5 Å². The van der Waals surface area contributed by atoms with Gasteiger partial charge in [0.2, 0.25) is 0 Å². The Balaban J connectivity index is 1.62. The van der Waals surface area contributed by atoms with Crippen molar-refractivity contribution in [3.05, 3.63) is 71.8 Å². The molecule has 0 bridgehead atoms. The summed E-state index contributed by atoms with van der Waals surface area (Å²) in [6.07, 6.45) is 2.32. The molecule has 0 heterocycles. The number of hydrogen-bond donors (Lipinski definition) is 0. The SMILES string of the molecule is N#CC(CCCCOOC(=O)c1ccccc1)c1ccccc1. The molecule has 4 heteroatoms. The quantitative estimate of drug-likeness (QED) is 0.415. The summed E-state index contributed by atoms with van der Waals surface area (Å²) in [5.74, 6) is -0.604. The van der Waals surface area contributed by atoms with Crippen LogP contribution in [0.15, 0.2) is 60.7 Å². The third-order valence-electron chi connectivity index (χ3n) is 3.47. The fourth-order valence-corrected chi connectivity index (χ4v) is 2.22. The molecule has 118 valence electrons. The maximum absolute atomic E-state index is 11.6. The van der Waals surface area contributed by atoms with Crippen LogP contribution in [-0.2, 0) is 9.78 Å². The van der Waals surface area contributed by atoms with E-state index in [1.54, 1.807) is 24.3 Å². The van der Waals surface area contributed by atoms with Crippen molar-refractivity contribution in [2.75, 3.05) is 6.61 Å². The minimum Gasteiger partial charge on any atom is -0.293 e. The molecule has 0 aliphatic rings. The molecule has 0 aliphatic carbocycles. The fraction of sp³-hybridized carbons (Fsp3) is 0.263. The highest BCUT2D eigenvalue weighted by Gasteiger charge is 2.10. The molecule has 0 fully saturated rings. The van der Waals surface area contributed by atoms with E-state index in [0.29, 0.717) is 12.2 Å². The van der Waals surface area contributed by atoms with E-state index in [1.165, 1.54) is 0 Å². The van der Waals surface area contributed by atoms with Gasteiger partial charge >= 0.3 is 5.97 Å². The van der Waals surface area contributed by atoms with Crippen LogP contribution >= 0.6 is 0 Å². The lowest BCUT2D eigenvalue weighted by atomic mass is 9.95. The zero-order chi connectivity index (χ0) is 16.3. The third kappa shape index (κ3) is 5.57. The van der Waals surface area contributed by atoms with E-state index in [2.05, 4.69) is 6.07 Å². The lowest BCUT2D eigenvalue weighted by Crippen LogP contribution is -2.07. The molecule has 2 aromatic carbocycles. The first-order valence-electron chi connectivity index (χ1n) is 7.64. The minimum atomic E-state index is -0.496. The van der Waals surface area contributed by atoms with Gasteiger partial charge in [0, 0.05) is 0 Å². The molecule has 0 spiro atoms. The Hall–Kier alpha value is -2.64. The molecule has 0 amide bonds. The molecule has 2 rings (SSSR count). The highest BCUT2D eigenvalue weighted by atomic mass is 17.2. The van der Waals surface area contributed by atoms with Crippen LogP contribution in [-0.4, -0.2) is 12.6 Å². The van der Waals surface area contributed by atoms with Crippen molar-refractivity contribution >= 4 is 5.97 Å². The van der Waals surface area contributed by atoms with Gasteiger partial charge < -0.3 is 0 Å². The zero-order valence-electron chi connectivity index (χ0n) is 12.9. The van der Waals surface area contributed by atoms with E-state index in [1.807, 2.05) is 36.4 Å². The number of benzene rings is 2. The highest BCUT2D eigenvalue weighted by Crippen LogP contribution is 2.20. The summed E-state index contributed by atoms with van der Waals surface area (Å²) in [6, 6.07) is 20.8. The molecule has 0 N–H and O–H groups in total. The molecule has 0 aliphatic heterocycles. The summed E-state index contributed by atoms with van der Waals surface area (Å²) in [5.41, 5.74) is 1.49. The summed E-state index contributed by atoms with van der Waals surface area (Å²) in [6.45, 7) is 0.325. The van der Waals surface area contributed by atoms with E-state index in [4.69, 9.17) is 9.78 Å². The van der Waals surface area contributed by atoms with E-state index in [9.17, 15) is 10.1 Å². The van der Waals surface area contributed by atoms with Crippen LogP contribution in [0.2, 0.25) is 0 Å². The van der Waals surface area contributed by atoms with Crippen LogP contribution in [0.5, 0.6) is 0 Å². The number of rotatable bonds is 8. The van der Waals surface area contributed by atoms with Gasteiger partial charge in [-0.05, 0) is 37.0 Å². The van der Waals surface area contributed by atoms with Gasteiger partial charge in [-0.15, -0.1) is 0 Å². The molecular formula is C19H19NO3. The minimum absolute atomic E-state index is 0.108. The Kier molecular flexibility index (Phi) is 6.83. The largest absolute Gasteiger partial charge is 0.373 e. The van der Waals surface area contributed by atoms with E-state index in [-0.39, 0.29) is 5.92 Å². The number of hydrogen-bond acceptors (Lipinski definition) is 4. The number of nitrogens with zero attached hydrogens (tertiary/aromatic N) is 1. The van der Waals surface area contributed by atoms with Crippen molar-refractivity contribution in [1.82, 2.24) is 0 Å². The van der Waals surface area contributed by atoms with E-state index < -0.39 is 5.97 Å². The Labute approximate surface area is 136 Å². The number of carbonyl (C=O) groups excluding carboxylic acids is 1. The predicted octanol–water partition coefficient (Wildman–Crippen LogP) is 4.25. The Morgan fingerprint density at radius 3 is 2.30 bits per heavy atom. The molecule has 2 aromatic rings. The van der Waals surface area contributed by atoms with Gasteiger partial charge in [0.25, 0.3) is 0 Å². The summed E-state index contributed by atoms with van der Waals surface area (Å²) in [4.78, 5) is 21.3. The van der Waals surface area contributed by atoms with Gasteiger partial charge in [-0.25, -0.2) is 4.79 Å². The van der Waals surface area contributed by atoms with Gasteiger partial charge in [-0.3, -0.25) is 4.89 Å². The van der Waals surface area contributed by atoms with Crippen LogP contribution in [0.4, 0.5) is 0 Å². The first-order valence-corrected chi connectivity index (χ1v) is 7.64. The van der Waals surface area contributed by atoms with Gasteiger partial charge in [0.1, 0.15) is 0 Å². The van der Waals surface area contributed by atoms with Gasteiger partial charge in [0.05, 0.1) is 24.2 Å². The predicted molar refractivity (Wildman–Crippen MR) is 86.5 cm³/mol. The topological polar surface area (TPSA) is 59.3 Å². The van der Waals surface area contributed by atoms with Crippen molar-refractivity contribution in [2.24, 2.45) is 0 Å². The molecule has 0 saturated carbocycles. The Morgan fingerprint density at radius 1 is 1.00 bits per heavy atom. The van der Waals surface area contributed by atoms with Crippen molar-refractivity contribution < 1.29 is 14.6 Å². The molecular weight excluding hydrogens is 290 g/mol. The second kappa shape index (κ2) is 9.39. The van der Waals surface area contributed by atoms with Crippen LogP contribution in [0.3, 0.4) is 0 Å². The fourth-order valence-electron chi connectivity index (χ4n) is 2.22. The molecule has 1 unspecified atom stereocenters. The standard InChI is InChI=1S/C19H19NO3/c20-15-18(16-9-3-1-4-10-16)13-7-8-14-22-23-19(21)17-11-5-2-6-12-17/h1-6,9-12,18H,7-8,13-14H2. The number of carbonyl (C=O) groups is 1. The van der Waals surface area contributed by atoms with Crippen molar-refractivity contribution in [1.29, 1.82) is 5.26 Å². The number of unbranched alkanes of at least 4 members (excludes halogenated alkanes) is 1. The monoisotopic (exact) mass is 309 g/mol. The second-order valence-corrected chi connectivity index (χ2v) is 5.15. The second-order valence-electron chi connectivity index (χ2n) is 5.15. The molecule has 0 radical (unpaired) electrons. The van der Waals surface area contributed by atoms with Gasteiger partial charge in [0.15, 0.2) is 0 Å². The van der Waals surface area contributed by atoms with Gasteiger partial charge in [-0.2, -0.15) is 10.1 Å². The highest BCUT2D eigenvalue weighted by molar-refractivity contribution is 5.88. The van der Waals surface area contributed by atoms with Crippen LogP contribution < -0.4 is 0 Å². The van der Waals surface area contributed by atoms with Crippen molar-refractivity contribution in [2.45, 2.75) is 25.2 Å². The summed E-state index contributed by atoms with van der Waals surface area (Å²) >= 11 is 0. The molecule has 23 heavy (non-hydrogen) atoms. The third-order valence-corrected chi connectivity index (χ3v) is 3.47. The lowest BCUT2D eigenvalue weighted by Gasteiger charge is -2.09. The lowest BCUT2D eigenvalue weighted by molar-refractivity contribution is -0.241. The van der Waals surface area contributed by atoms with Crippen LogP contribution in [0, 0.1) is 11.3 Å². The average molecular weight is 309 g/mol.